The van der Waals surface area contributed by atoms with Crippen LogP contribution in [0.25, 0.3) is 11.0 Å². The second-order valence-corrected chi connectivity index (χ2v) is 5.05. The molecular formula is C12H17N3. The Morgan fingerprint density at radius 3 is 1.93 bits per heavy atom. The molecule has 0 saturated heterocycles. The van der Waals surface area contributed by atoms with Crippen LogP contribution in [-0.4, -0.2) is 15.0 Å². The lowest BCUT2D eigenvalue weighted by atomic mass is 9.88. The standard InChI is InChI=1S/C12H17N3/c1-9(12(2,3)4)15-13-10-7-5-6-8-11(10)14-15/h5-9H,1-4H3. The van der Waals surface area contributed by atoms with Crippen LogP contribution in [0.2, 0.25) is 0 Å². The molecule has 0 N–H and O–H groups in total. The number of rotatable bonds is 1. The summed E-state index contributed by atoms with van der Waals surface area (Å²) >= 11 is 0. The van der Waals surface area contributed by atoms with E-state index in [4.69, 9.17) is 0 Å². The van der Waals surface area contributed by atoms with E-state index in [0.717, 1.165) is 11.0 Å². The number of fused-ring (bicyclic) bond motifs is 1. The Labute approximate surface area is 90.1 Å². The molecule has 0 amide bonds. The van der Waals surface area contributed by atoms with Crippen molar-refractivity contribution in [3.05, 3.63) is 24.3 Å². The van der Waals surface area contributed by atoms with E-state index < -0.39 is 0 Å². The van der Waals surface area contributed by atoms with E-state index in [9.17, 15) is 0 Å². The first-order chi connectivity index (χ1) is 6.98. The smallest absolute Gasteiger partial charge is 0.113 e. The molecule has 0 aliphatic rings. The molecule has 15 heavy (non-hydrogen) atoms. The molecule has 0 radical (unpaired) electrons. The van der Waals surface area contributed by atoms with Gasteiger partial charge in [0.15, 0.2) is 0 Å². The second-order valence-electron chi connectivity index (χ2n) is 5.05. The molecule has 0 spiro atoms. The molecule has 2 rings (SSSR count). The molecule has 2 aromatic rings. The summed E-state index contributed by atoms with van der Waals surface area (Å²) in [7, 11) is 0. The Bertz CT molecular complexity index is 432. The van der Waals surface area contributed by atoms with Gasteiger partial charge in [0.1, 0.15) is 11.0 Å². The Hall–Kier alpha value is -1.38. The fraction of sp³-hybridized carbons (Fsp3) is 0.500. The van der Waals surface area contributed by atoms with Gasteiger partial charge in [0.2, 0.25) is 0 Å². The minimum atomic E-state index is 0.176. The highest BCUT2D eigenvalue weighted by Gasteiger charge is 2.23. The summed E-state index contributed by atoms with van der Waals surface area (Å²) in [6, 6.07) is 8.26. The molecule has 0 aliphatic heterocycles. The lowest BCUT2D eigenvalue weighted by molar-refractivity contribution is 0.225. The highest BCUT2D eigenvalue weighted by molar-refractivity contribution is 5.72. The maximum atomic E-state index is 4.48. The lowest BCUT2D eigenvalue weighted by Gasteiger charge is -2.25. The number of hydrogen-bond acceptors (Lipinski definition) is 2. The van der Waals surface area contributed by atoms with E-state index in [-0.39, 0.29) is 5.41 Å². The molecule has 0 fully saturated rings. The number of benzene rings is 1. The average molecular weight is 203 g/mol. The summed E-state index contributed by atoms with van der Waals surface area (Å²) in [4.78, 5) is 1.82. The molecule has 1 atom stereocenters. The highest BCUT2D eigenvalue weighted by atomic mass is 15.5. The van der Waals surface area contributed by atoms with Crippen LogP contribution in [0, 0.1) is 5.41 Å². The summed E-state index contributed by atoms with van der Waals surface area (Å²) in [6.07, 6.45) is 0. The fourth-order valence-corrected chi connectivity index (χ4v) is 1.40. The molecule has 3 nitrogen and oxygen atoms in total. The van der Waals surface area contributed by atoms with Gasteiger partial charge >= 0.3 is 0 Å². The molecule has 1 heterocycles. The van der Waals surface area contributed by atoms with E-state index in [0.29, 0.717) is 6.04 Å². The maximum absolute atomic E-state index is 4.48. The van der Waals surface area contributed by atoms with Crippen LogP contribution in [0.3, 0.4) is 0 Å². The van der Waals surface area contributed by atoms with Crippen LogP contribution in [0.15, 0.2) is 24.3 Å². The van der Waals surface area contributed by atoms with Gasteiger partial charge in [0.05, 0.1) is 6.04 Å². The van der Waals surface area contributed by atoms with E-state index in [2.05, 4.69) is 37.9 Å². The predicted octanol–water partition coefficient (Wildman–Crippen LogP) is 3.04. The van der Waals surface area contributed by atoms with Crippen LogP contribution in [0.4, 0.5) is 0 Å². The van der Waals surface area contributed by atoms with Gasteiger partial charge in [0, 0.05) is 0 Å². The first-order valence-electron chi connectivity index (χ1n) is 5.30. The average Bonchev–Trinajstić information content (AvgIpc) is 2.58. The van der Waals surface area contributed by atoms with Crippen LogP contribution in [0.5, 0.6) is 0 Å². The minimum Gasteiger partial charge on any atom is -0.180 e. The van der Waals surface area contributed by atoms with Crippen LogP contribution in [-0.2, 0) is 0 Å². The molecule has 1 unspecified atom stereocenters. The van der Waals surface area contributed by atoms with Crippen molar-refractivity contribution in [3.8, 4) is 0 Å². The number of nitrogens with zero attached hydrogens (tertiary/aromatic N) is 3. The third-order valence-electron chi connectivity index (χ3n) is 2.90. The molecule has 80 valence electrons. The topological polar surface area (TPSA) is 30.7 Å². The first-order valence-corrected chi connectivity index (χ1v) is 5.30. The molecule has 0 bridgehead atoms. The van der Waals surface area contributed by atoms with Gasteiger partial charge < -0.3 is 0 Å². The minimum absolute atomic E-state index is 0.176. The Kier molecular flexibility index (Phi) is 2.25. The summed E-state index contributed by atoms with van der Waals surface area (Å²) < 4.78 is 0. The monoisotopic (exact) mass is 203 g/mol. The van der Waals surface area contributed by atoms with E-state index in [1.165, 1.54) is 0 Å². The third kappa shape index (κ3) is 1.87. The van der Waals surface area contributed by atoms with Crippen molar-refractivity contribution in [3.63, 3.8) is 0 Å². The van der Waals surface area contributed by atoms with Gasteiger partial charge in [-0.3, -0.25) is 0 Å². The first kappa shape index (κ1) is 10.1. The molecular weight excluding hydrogens is 186 g/mol. The zero-order valence-corrected chi connectivity index (χ0v) is 9.73. The zero-order valence-electron chi connectivity index (χ0n) is 9.73. The van der Waals surface area contributed by atoms with Gasteiger partial charge in [-0.05, 0) is 24.5 Å². The van der Waals surface area contributed by atoms with E-state index >= 15 is 0 Å². The largest absolute Gasteiger partial charge is 0.180 e. The van der Waals surface area contributed by atoms with Gasteiger partial charge in [-0.1, -0.05) is 32.9 Å². The molecule has 3 heteroatoms. The van der Waals surface area contributed by atoms with Crippen molar-refractivity contribution in [2.45, 2.75) is 33.7 Å². The highest BCUT2D eigenvalue weighted by Crippen LogP contribution is 2.29. The predicted molar refractivity (Wildman–Crippen MR) is 61.7 cm³/mol. The van der Waals surface area contributed by atoms with Crippen LogP contribution in [0.1, 0.15) is 33.7 Å². The summed E-state index contributed by atoms with van der Waals surface area (Å²) in [5.41, 5.74) is 2.11. The van der Waals surface area contributed by atoms with Gasteiger partial charge in [0.25, 0.3) is 0 Å². The Balaban J connectivity index is 2.45. The van der Waals surface area contributed by atoms with Crippen LogP contribution >= 0.6 is 0 Å². The quantitative estimate of drug-likeness (QED) is 0.713. The second kappa shape index (κ2) is 3.33. The van der Waals surface area contributed by atoms with Crippen molar-refractivity contribution in [2.75, 3.05) is 0 Å². The zero-order chi connectivity index (χ0) is 11.1. The number of hydrogen-bond donors (Lipinski definition) is 0. The molecule has 0 saturated carbocycles. The fourth-order valence-electron chi connectivity index (χ4n) is 1.40. The van der Waals surface area contributed by atoms with Gasteiger partial charge in [-0.2, -0.15) is 15.0 Å². The van der Waals surface area contributed by atoms with E-state index in [1.807, 2.05) is 29.1 Å². The Morgan fingerprint density at radius 1 is 1.07 bits per heavy atom. The van der Waals surface area contributed by atoms with Crippen molar-refractivity contribution in [2.24, 2.45) is 5.41 Å². The summed E-state index contributed by atoms with van der Waals surface area (Å²) in [5.74, 6) is 0. The summed E-state index contributed by atoms with van der Waals surface area (Å²) in [6.45, 7) is 8.75. The molecule has 1 aromatic heterocycles. The summed E-state index contributed by atoms with van der Waals surface area (Å²) in [5, 5.41) is 8.97. The number of aromatic nitrogens is 3. The van der Waals surface area contributed by atoms with E-state index in [1.54, 1.807) is 0 Å². The maximum Gasteiger partial charge on any atom is 0.113 e. The van der Waals surface area contributed by atoms with Crippen molar-refractivity contribution < 1.29 is 0 Å². The third-order valence-corrected chi connectivity index (χ3v) is 2.90. The normalized spacial score (nSPS) is 14.4. The lowest BCUT2D eigenvalue weighted by Crippen LogP contribution is -2.23. The van der Waals surface area contributed by atoms with Crippen LogP contribution < -0.4 is 0 Å². The molecule has 0 aliphatic carbocycles. The van der Waals surface area contributed by atoms with Gasteiger partial charge in [-0.15, -0.1) is 0 Å². The van der Waals surface area contributed by atoms with Crippen molar-refractivity contribution in [1.82, 2.24) is 15.0 Å². The van der Waals surface area contributed by atoms with Gasteiger partial charge in [-0.25, -0.2) is 0 Å². The SMILES string of the molecule is CC(n1nc2ccccc2n1)C(C)(C)C. The Morgan fingerprint density at radius 2 is 1.53 bits per heavy atom. The van der Waals surface area contributed by atoms with Crippen molar-refractivity contribution >= 4 is 11.0 Å². The van der Waals surface area contributed by atoms with Crippen molar-refractivity contribution in [1.29, 1.82) is 0 Å². The molecule has 1 aromatic carbocycles.